The summed E-state index contributed by atoms with van der Waals surface area (Å²) in [6.07, 6.45) is 7.43. The zero-order valence-electron chi connectivity index (χ0n) is 7.38. The maximum absolute atomic E-state index is 4.18. The highest BCUT2D eigenvalue weighted by molar-refractivity contribution is 5.63. The zero-order chi connectivity index (χ0) is 9.38. The molecule has 4 heteroatoms. The molecule has 3 aromatic rings. The molecule has 0 aliphatic heterocycles. The zero-order valence-corrected chi connectivity index (χ0v) is 7.38. The van der Waals surface area contributed by atoms with E-state index < -0.39 is 0 Å². The largest absolute Gasteiger partial charge is 0.285 e. The molecular weight excluding hydrogens is 176 g/mol. The van der Waals surface area contributed by atoms with Crippen LogP contribution >= 0.6 is 0 Å². The normalized spacial score (nSPS) is 10.9. The summed E-state index contributed by atoms with van der Waals surface area (Å²) in [4.78, 5) is 0. The standard InChI is InChI=1S/C10H8N4/c1-2-10-3-4-13-14(10)7-8(1)9-5-11-12-6-9/h1-7H,(H,11,12). The summed E-state index contributed by atoms with van der Waals surface area (Å²) < 4.78 is 1.85. The molecule has 0 aliphatic rings. The van der Waals surface area contributed by atoms with E-state index >= 15 is 0 Å². The van der Waals surface area contributed by atoms with Crippen LogP contribution in [-0.4, -0.2) is 19.8 Å². The maximum atomic E-state index is 4.18. The Morgan fingerprint density at radius 3 is 3.00 bits per heavy atom. The molecule has 3 heterocycles. The van der Waals surface area contributed by atoms with Crippen LogP contribution in [0.3, 0.4) is 0 Å². The molecule has 0 aromatic carbocycles. The molecule has 1 N–H and O–H groups in total. The van der Waals surface area contributed by atoms with E-state index in [-0.39, 0.29) is 0 Å². The number of pyridine rings is 1. The molecule has 0 aliphatic carbocycles. The first-order valence-electron chi connectivity index (χ1n) is 4.36. The second-order valence-corrected chi connectivity index (χ2v) is 3.11. The molecule has 0 bridgehead atoms. The van der Waals surface area contributed by atoms with Gasteiger partial charge in [0.15, 0.2) is 0 Å². The molecule has 0 atom stereocenters. The van der Waals surface area contributed by atoms with Gasteiger partial charge >= 0.3 is 0 Å². The molecule has 0 radical (unpaired) electrons. The van der Waals surface area contributed by atoms with E-state index in [1.54, 1.807) is 12.4 Å². The van der Waals surface area contributed by atoms with Gasteiger partial charge in [0.25, 0.3) is 0 Å². The summed E-state index contributed by atoms with van der Waals surface area (Å²) >= 11 is 0. The van der Waals surface area contributed by atoms with E-state index in [1.165, 1.54) is 0 Å². The Kier molecular flexibility index (Phi) is 1.41. The van der Waals surface area contributed by atoms with Gasteiger partial charge in [0.05, 0.1) is 11.7 Å². The van der Waals surface area contributed by atoms with Crippen molar-refractivity contribution in [2.45, 2.75) is 0 Å². The van der Waals surface area contributed by atoms with Crippen LogP contribution in [0.2, 0.25) is 0 Å². The summed E-state index contributed by atoms with van der Waals surface area (Å²) in [7, 11) is 0. The lowest BCUT2D eigenvalue weighted by Gasteiger charge is -1.97. The monoisotopic (exact) mass is 184 g/mol. The van der Waals surface area contributed by atoms with Crippen LogP contribution in [-0.2, 0) is 0 Å². The Morgan fingerprint density at radius 2 is 2.14 bits per heavy atom. The van der Waals surface area contributed by atoms with Crippen molar-refractivity contribution in [1.29, 1.82) is 0 Å². The third-order valence-electron chi connectivity index (χ3n) is 2.23. The molecular formula is C10H8N4. The van der Waals surface area contributed by atoms with E-state index in [2.05, 4.69) is 21.4 Å². The Labute approximate surface area is 80.2 Å². The number of hydrogen-bond acceptors (Lipinski definition) is 2. The van der Waals surface area contributed by atoms with Gasteiger partial charge in [-0.3, -0.25) is 5.10 Å². The van der Waals surface area contributed by atoms with Crippen LogP contribution in [0.5, 0.6) is 0 Å². The molecule has 3 rings (SSSR count). The Balaban J connectivity index is 2.23. The summed E-state index contributed by atoms with van der Waals surface area (Å²) in [6.45, 7) is 0. The van der Waals surface area contributed by atoms with Crippen molar-refractivity contribution in [3.05, 3.63) is 43.0 Å². The first-order valence-corrected chi connectivity index (χ1v) is 4.36. The third-order valence-corrected chi connectivity index (χ3v) is 2.23. The fourth-order valence-electron chi connectivity index (χ4n) is 1.49. The van der Waals surface area contributed by atoms with Gasteiger partial charge in [-0.25, -0.2) is 4.52 Å². The van der Waals surface area contributed by atoms with Crippen molar-refractivity contribution in [2.75, 3.05) is 0 Å². The van der Waals surface area contributed by atoms with Crippen LogP contribution in [0.15, 0.2) is 43.0 Å². The maximum Gasteiger partial charge on any atom is 0.0661 e. The molecule has 0 saturated carbocycles. The van der Waals surface area contributed by atoms with Gasteiger partial charge in [-0.1, -0.05) is 6.07 Å². The first kappa shape index (κ1) is 7.32. The first-order chi connectivity index (χ1) is 6.93. The number of fused-ring (bicyclic) bond motifs is 1. The van der Waals surface area contributed by atoms with Crippen LogP contribution in [0.1, 0.15) is 0 Å². The van der Waals surface area contributed by atoms with Crippen LogP contribution in [0.25, 0.3) is 16.6 Å². The minimum Gasteiger partial charge on any atom is -0.285 e. The average Bonchev–Trinajstić information content (AvgIpc) is 2.88. The number of aromatic nitrogens is 4. The van der Waals surface area contributed by atoms with E-state index in [9.17, 15) is 0 Å². The molecule has 0 fully saturated rings. The Hall–Kier alpha value is -2.10. The molecule has 4 nitrogen and oxygen atoms in total. The van der Waals surface area contributed by atoms with E-state index in [0.717, 1.165) is 16.6 Å². The second-order valence-electron chi connectivity index (χ2n) is 3.11. The predicted octanol–water partition coefficient (Wildman–Crippen LogP) is 1.72. The smallest absolute Gasteiger partial charge is 0.0661 e. The van der Waals surface area contributed by atoms with E-state index in [1.807, 2.05) is 29.0 Å². The van der Waals surface area contributed by atoms with Crippen molar-refractivity contribution in [2.24, 2.45) is 0 Å². The fourth-order valence-corrected chi connectivity index (χ4v) is 1.49. The predicted molar refractivity (Wildman–Crippen MR) is 52.8 cm³/mol. The third kappa shape index (κ3) is 1.01. The minimum absolute atomic E-state index is 1.07. The quantitative estimate of drug-likeness (QED) is 0.626. The van der Waals surface area contributed by atoms with Gasteiger partial charge in [-0.2, -0.15) is 10.2 Å². The Morgan fingerprint density at radius 1 is 1.14 bits per heavy atom. The van der Waals surface area contributed by atoms with Gasteiger partial charge in [0, 0.05) is 29.7 Å². The number of H-pyrrole nitrogens is 1. The molecule has 68 valence electrons. The number of hydrogen-bond donors (Lipinski definition) is 1. The number of aromatic amines is 1. The van der Waals surface area contributed by atoms with Crippen LogP contribution in [0, 0.1) is 0 Å². The van der Waals surface area contributed by atoms with Crippen molar-refractivity contribution in [3.8, 4) is 11.1 Å². The molecule has 0 unspecified atom stereocenters. The minimum atomic E-state index is 1.07. The molecule has 14 heavy (non-hydrogen) atoms. The number of rotatable bonds is 1. The van der Waals surface area contributed by atoms with Gasteiger partial charge in [0.1, 0.15) is 0 Å². The summed E-state index contributed by atoms with van der Waals surface area (Å²) in [5.74, 6) is 0. The molecule has 3 aromatic heterocycles. The van der Waals surface area contributed by atoms with Gasteiger partial charge in [-0.15, -0.1) is 0 Å². The van der Waals surface area contributed by atoms with Crippen molar-refractivity contribution in [3.63, 3.8) is 0 Å². The van der Waals surface area contributed by atoms with Crippen molar-refractivity contribution < 1.29 is 0 Å². The van der Waals surface area contributed by atoms with E-state index in [0.29, 0.717) is 0 Å². The highest BCUT2D eigenvalue weighted by Crippen LogP contribution is 2.17. The topological polar surface area (TPSA) is 46.0 Å². The Bertz CT molecular complexity index is 550. The fraction of sp³-hybridized carbons (Fsp3) is 0. The lowest BCUT2D eigenvalue weighted by atomic mass is 10.2. The summed E-state index contributed by atoms with van der Waals surface area (Å²) in [5.41, 5.74) is 3.27. The van der Waals surface area contributed by atoms with E-state index in [4.69, 9.17) is 0 Å². The second kappa shape index (κ2) is 2.70. The SMILES string of the molecule is c1cc2ccc(-c3cn[nH]c3)cn2n1. The summed E-state index contributed by atoms with van der Waals surface area (Å²) in [6, 6.07) is 6.07. The average molecular weight is 184 g/mol. The van der Waals surface area contributed by atoms with Crippen molar-refractivity contribution >= 4 is 5.52 Å². The number of nitrogens with zero attached hydrogens (tertiary/aromatic N) is 3. The highest BCUT2D eigenvalue weighted by Gasteiger charge is 2.00. The molecule has 0 amide bonds. The lowest BCUT2D eigenvalue weighted by molar-refractivity contribution is 0.963. The van der Waals surface area contributed by atoms with Crippen LogP contribution in [0.4, 0.5) is 0 Å². The number of nitrogens with one attached hydrogen (secondary N) is 1. The molecule has 0 spiro atoms. The highest BCUT2D eigenvalue weighted by atomic mass is 15.2. The lowest BCUT2D eigenvalue weighted by Crippen LogP contribution is -1.86. The van der Waals surface area contributed by atoms with Crippen molar-refractivity contribution in [1.82, 2.24) is 19.8 Å². The van der Waals surface area contributed by atoms with Gasteiger partial charge in [-0.05, 0) is 12.1 Å². The summed E-state index contributed by atoms with van der Waals surface area (Å²) in [5, 5.41) is 10.9. The van der Waals surface area contributed by atoms with Gasteiger partial charge < -0.3 is 0 Å². The van der Waals surface area contributed by atoms with Gasteiger partial charge in [0.2, 0.25) is 0 Å². The molecule has 0 saturated heterocycles. The van der Waals surface area contributed by atoms with Crippen LogP contribution < -0.4 is 0 Å².